The molecule has 0 spiro atoms. The summed E-state index contributed by atoms with van der Waals surface area (Å²) in [5.74, 6) is 0.0263. The van der Waals surface area contributed by atoms with Crippen LogP contribution in [0.3, 0.4) is 0 Å². The van der Waals surface area contributed by atoms with Crippen molar-refractivity contribution >= 4 is 33.4 Å². The van der Waals surface area contributed by atoms with E-state index in [4.69, 9.17) is 16.3 Å². The molecule has 1 rings (SSSR count). The van der Waals surface area contributed by atoms with Gasteiger partial charge in [-0.2, -0.15) is 0 Å². The molecule has 1 aromatic rings. The minimum atomic E-state index is 0.0263. The van der Waals surface area contributed by atoms with Gasteiger partial charge in [0.1, 0.15) is 0 Å². The molecule has 0 saturated heterocycles. The molecule has 0 atom stereocenters. The number of methoxy groups -OCH3 is 1. The highest BCUT2D eigenvalue weighted by Crippen LogP contribution is 2.22. The molecule has 0 radical (unpaired) electrons. The topological polar surface area (TPSA) is 50.4 Å². The van der Waals surface area contributed by atoms with Crippen molar-refractivity contribution in [1.82, 2.24) is 10.6 Å². The Morgan fingerprint density at radius 3 is 2.89 bits per heavy atom. The molecule has 6 heteroatoms. The van der Waals surface area contributed by atoms with Crippen LogP contribution in [0.4, 0.5) is 0 Å². The van der Waals surface area contributed by atoms with Gasteiger partial charge in [0.15, 0.2) is 0 Å². The van der Waals surface area contributed by atoms with Crippen LogP contribution in [-0.4, -0.2) is 32.7 Å². The average Bonchev–Trinajstić information content (AvgIpc) is 2.39. The molecular weight excluding hydrogens is 332 g/mol. The Morgan fingerprint density at radius 1 is 1.42 bits per heavy atom. The van der Waals surface area contributed by atoms with E-state index in [1.165, 1.54) is 0 Å². The zero-order valence-corrected chi connectivity index (χ0v) is 13.2. The molecule has 0 aliphatic rings. The number of benzene rings is 1. The molecule has 0 aromatic heterocycles. The third-order valence-corrected chi connectivity index (χ3v) is 3.70. The van der Waals surface area contributed by atoms with Gasteiger partial charge >= 0.3 is 0 Å². The van der Waals surface area contributed by atoms with E-state index in [1.54, 1.807) is 7.11 Å². The summed E-state index contributed by atoms with van der Waals surface area (Å²) in [4.78, 5) is 11.4. The number of hydrogen-bond acceptors (Lipinski definition) is 3. The van der Waals surface area contributed by atoms with Crippen LogP contribution in [0.1, 0.15) is 12.0 Å². The van der Waals surface area contributed by atoms with E-state index in [0.717, 1.165) is 10.0 Å². The van der Waals surface area contributed by atoms with Crippen molar-refractivity contribution < 1.29 is 9.53 Å². The van der Waals surface area contributed by atoms with Gasteiger partial charge < -0.3 is 15.4 Å². The van der Waals surface area contributed by atoms with Crippen LogP contribution in [0.25, 0.3) is 0 Å². The van der Waals surface area contributed by atoms with E-state index in [2.05, 4.69) is 26.6 Å². The van der Waals surface area contributed by atoms with Gasteiger partial charge in [-0.1, -0.05) is 17.7 Å². The van der Waals surface area contributed by atoms with Crippen molar-refractivity contribution in [3.8, 4) is 0 Å². The smallest absolute Gasteiger partial charge is 0.221 e. The van der Waals surface area contributed by atoms with Crippen LogP contribution >= 0.6 is 27.5 Å². The molecule has 19 heavy (non-hydrogen) atoms. The number of carbonyl (C=O) groups excluding carboxylic acids is 1. The third-order valence-electron chi connectivity index (χ3n) is 2.47. The second-order valence-corrected chi connectivity index (χ2v) is 5.28. The molecule has 0 bridgehead atoms. The normalized spacial score (nSPS) is 10.5. The molecule has 0 unspecified atom stereocenters. The highest BCUT2D eigenvalue weighted by atomic mass is 79.9. The van der Waals surface area contributed by atoms with E-state index >= 15 is 0 Å². The van der Waals surface area contributed by atoms with E-state index in [9.17, 15) is 4.79 Å². The fourth-order valence-electron chi connectivity index (χ4n) is 1.47. The lowest BCUT2D eigenvalue weighted by atomic mass is 10.2. The second-order valence-electron chi connectivity index (χ2n) is 4.02. The van der Waals surface area contributed by atoms with Crippen LogP contribution in [0.2, 0.25) is 5.02 Å². The molecule has 0 fully saturated rings. The van der Waals surface area contributed by atoms with Crippen LogP contribution in [0.15, 0.2) is 22.7 Å². The Morgan fingerprint density at radius 2 is 2.21 bits per heavy atom. The van der Waals surface area contributed by atoms with E-state index < -0.39 is 0 Å². The van der Waals surface area contributed by atoms with Crippen molar-refractivity contribution in [2.75, 3.05) is 26.8 Å². The molecule has 0 aliphatic carbocycles. The first-order valence-electron chi connectivity index (χ1n) is 6.03. The van der Waals surface area contributed by atoms with Gasteiger partial charge in [-0.25, -0.2) is 0 Å². The molecule has 106 valence electrons. The highest BCUT2D eigenvalue weighted by molar-refractivity contribution is 9.10. The number of halogens is 2. The summed E-state index contributed by atoms with van der Waals surface area (Å²) in [6.07, 6.45) is 0.452. The van der Waals surface area contributed by atoms with E-state index in [0.29, 0.717) is 37.7 Å². The molecular formula is C13H18BrClN2O2. The summed E-state index contributed by atoms with van der Waals surface area (Å²) in [5, 5.41) is 6.66. The Labute approximate surface area is 127 Å². The lowest BCUT2D eigenvalue weighted by Crippen LogP contribution is -2.29. The number of ether oxygens (including phenoxy) is 1. The predicted octanol–water partition coefficient (Wildman–Crippen LogP) is 2.34. The third kappa shape index (κ3) is 6.92. The van der Waals surface area contributed by atoms with E-state index in [-0.39, 0.29) is 5.91 Å². The minimum absolute atomic E-state index is 0.0263. The Kier molecular flexibility index (Phi) is 8.05. The zero-order chi connectivity index (χ0) is 14.1. The van der Waals surface area contributed by atoms with Crippen molar-refractivity contribution in [1.29, 1.82) is 0 Å². The summed E-state index contributed by atoms with van der Waals surface area (Å²) in [6, 6.07) is 5.80. The maximum Gasteiger partial charge on any atom is 0.221 e. The monoisotopic (exact) mass is 348 g/mol. The lowest BCUT2D eigenvalue weighted by molar-refractivity contribution is -0.121. The average molecular weight is 350 g/mol. The summed E-state index contributed by atoms with van der Waals surface area (Å²) in [6.45, 7) is 2.42. The molecule has 0 saturated carbocycles. The van der Waals surface area contributed by atoms with Crippen LogP contribution in [0.5, 0.6) is 0 Å². The molecule has 1 aromatic carbocycles. The molecule has 2 N–H and O–H groups in total. The van der Waals surface area contributed by atoms with Gasteiger partial charge in [-0.15, -0.1) is 0 Å². The molecule has 4 nitrogen and oxygen atoms in total. The SMILES string of the molecule is COCCNC(=O)CCNCc1ccc(Br)c(Cl)c1. The highest BCUT2D eigenvalue weighted by Gasteiger charge is 2.01. The maximum absolute atomic E-state index is 11.4. The number of nitrogens with one attached hydrogen (secondary N) is 2. The summed E-state index contributed by atoms with van der Waals surface area (Å²) < 4.78 is 5.73. The number of carbonyl (C=O) groups is 1. The first-order valence-corrected chi connectivity index (χ1v) is 7.21. The molecule has 1 amide bonds. The first kappa shape index (κ1) is 16.4. The van der Waals surface area contributed by atoms with Crippen LogP contribution < -0.4 is 10.6 Å². The predicted molar refractivity (Wildman–Crippen MR) is 80.4 cm³/mol. The molecule has 0 aliphatic heterocycles. The van der Waals surface area contributed by atoms with Gasteiger partial charge in [0.05, 0.1) is 11.6 Å². The minimum Gasteiger partial charge on any atom is -0.383 e. The number of hydrogen-bond donors (Lipinski definition) is 2. The van der Waals surface area contributed by atoms with Crippen molar-refractivity contribution in [2.24, 2.45) is 0 Å². The quantitative estimate of drug-likeness (QED) is 0.708. The summed E-state index contributed by atoms with van der Waals surface area (Å²) >= 11 is 9.34. The van der Waals surface area contributed by atoms with Crippen LogP contribution in [0, 0.1) is 0 Å². The van der Waals surface area contributed by atoms with Gasteiger partial charge in [0, 0.05) is 37.6 Å². The lowest BCUT2D eigenvalue weighted by Gasteiger charge is -2.07. The number of rotatable bonds is 8. The maximum atomic E-state index is 11.4. The van der Waals surface area contributed by atoms with Crippen molar-refractivity contribution in [3.63, 3.8) is 0 Å². The summed E-state index contributed by atoms with van der Waals surface area (Å²) in [7, 11) is 1.61. The van der Waals surface area contributed by atoms with Crippen LogP contribution in [-0.2, 0) is 16.1 Å². The second kappa shape index (κ2) is 9.31. The fourth-order valence-corrected chi connectivity index (χ4v) is 1.91. The zero-order valence-electron chi connectivity index (χ0n) is 10.8. The Balaban J connectivity index is 2.16. The van der Waals surface area contributed by atoms with Crippen molar-refractivity contribution in [2.45, 2.75) is 13.0 Å². The Bertz CT molecular complexity index is 416. The molecule has 0 heterocycles. The standard InChI is InChI=1S/C13H18BrClN2O2/c1-19-7-6-17-13(18)4-5-16-9-10-2-3-11(14)12(15)8-10/h2-3,8,16H,4-7,9H2,1H3,(H,17,18). The van der Waals surface area contributed by atoms with Gasteiger partial charge in [-0.05, 0) is 33.6 Å². The van der Waals surface area contributed by atoms with Crippen molar-refractivity contribution in [3.05, 3.63) is 33.3 Å². The van der Waals surface area contributed by atoms with Gasteiger partial charge in [-0.3, -0.25) is 4.79 Å². The largest absolute Gasteiger partial charge is 0.383 e. The van der Waals surface area contributed by atoms with Gasteiger partial charge in [0.2, 0.25) is 5.91 Å². The number of amides is 1. The summed E-state index contributed by atoms with van der Waals surface area (Å²) in [5.41, 5.74) is 1.09. The van der Waals surface area contributed by atoms with Gasteiger partial charge in [0.25, 0.3) is 0 Å². The fraction of sp³-hybridized carbons (Fsp3) is 0.462. The first-order chi connectivity index (χ1) is 9.13. The van der Waals surface area contributed by atoms with E-state index in [1.807, 2.05) is 18.2 Å². The Hall–Kier alpha value is -0.620.